The van der Waals surface area contributed by atoms with E-state index in [1.807, 2.05) is 6.07 Å². The van der Waals surface area contributed by atoms with E-state index in [0.717, 1.165) is 19.6 Å². The molecule has 5 nitrogen and oxygen atoms in total. The monoisotopic (exact) mass is 302 g/mol. The molecule has 0 saturated carbocycles. The average molecular weight is 302 g/mol. The van der Waals surface area contributed by atoms with Crippen LogP contribution >= 0.6 is 11.5 Å². The number of carbonyl (C=O) groups excluding carboxylic acids is 1. The van der Waals surface area contributed by atoms with Gasteiger partial charge in [-0.2, -0.15) is 0 Å². The molecule has 0 spiro atoms. The van der Waals surface area contributed by atoms with Gasteiger partial charge < -0.3 is 5.32 Å². The van der Waals surface area contributed by atoms with Crippen LogP contribution in [0, 0.1) is 5.92 Å². The highest BCUT2D eigenvalue weighted by atomic mass is 32.1. The summed E-state index contributed by atoms with van der Waals surface area (Å²) in [6.45, 7) is 4.97. The van der Waals surface area contributed by atoms with Crippen LogP contribution in [-0.4, -0.2) is 39.5 Å². The highest BCUT2D eigenvalue weighted by Gasteiger charge is 2.31. The van der Waals surface area contributed by atoms with Crippen LogP contribution in [0.3, 0.4) is 0 Å². The Bertz CT molecular complexity index is 587. The third kappa shape index (κ3) is 3.46. The van der Waals surface area contributed by atoms with Crippen molar-refractivity contribution in [3.05, 3.63) is 47.0 Å². The van der Waals surface area contributed by atoms with E-state index in [1.54, 1.807) is 5.38 Å². The SMILES string of the molecule is C[C@H]1CN(Cc2ccccc2)C[C@H]1NC(=O)c1csnn1. The first-order valence-corrected chi connectivity index (χ1v) is 7.90. The van der Waals surface area contributed by atoms with Crippen LogP contribution in [0.2, 0.25) is 0 Å². The van der Waals surface area contributed by atoms with Gasteiger partial charge in [0.15, 0.2) is 5.69 Å². The van der Waals surface area contributed by atoms with E-state index in [0.29, 0.717) is 11.6 Å². The Kier molecular flexibility index (Phi) is 4.26. The summed E-state index contributed by atoms with van der Waals surface area (Å²) in [5.74, 6) is 0.311. The fraction of sp³-hybridized carbons (Fsp3) is 0.400. The van der Waals surface area contributed by atoms with E-state index in [2.05, 4.69) is 51.0 Å². The van der Waals surface area contributed by atoms with Gasteiger partial charge in [0.25, 0.3) is 5.91 Å². The number of hydrogen-bond acceptors (Lipinski definition) is 5. The second-order valence-electron chi connectivity index (χ2n) is 5.53. The summed E-state index contributed by atoms with van der Waals surface area (Å²) in [5, 5.41) is 8.56. The first kappa shape index (κ1) is 14.2. The number of rotatable bonds is 4. The lowest BCUT2D eigenvalue weighted by Crippen LogP contribution is -2.40. The zero-order chi connectivity index (χ0) is 14.7. The van der Waals surface area contributed by atoms with Crippen molar-refractivity contribution in [2.24, 2.45) is 5.92 Å². The van der Waals surface area contributed by atoms with Crippen LogP contribution in [0.15, 0.2) is 35.7 Å². The Hall–Kier alpha value is -1.79. The summed E-state index contributed by atoms with van der Waals surface area (Å²) in [7, 11) is 0. The van der Waals surface area contributed by atoms with E-state index in [4.69, 9.17) is 0 Å². The Morgan fingerprint density at radius 1 is 1.38 bits per heavy atom. The number of hydrogen-bond donors (Lipinski definition) is 1. The van der Waals surface area contributed by atoms with Crippen molar-refractivity contribution in [3.8, 4) is 0 Å². The van der Waals surface area contributed by atoms with Gasteiger partial charge in [-0.1, -0.05) is 41.7 Å². The molecule has 1 aromatic heterocycles. The van der Waals surface area contributed by atoms with Gasteiger partial charge in [-0.15, -0.1) is 5.10 Å². The quantitative estimate of drug-likeness (QED) is 0.935. The van der Waals surface area contributed by atoms with Gasteiger partial charge in [0, 0.05) is 31.1 Å². The minimum absolute atomic E-state index is 0.123. The fourth-order valence-corrected chi connectivity index (χ4v) is 3.17. The minimum Gasteiger partial charge on any atom is -0.346 e. The second-order valence-corrected chi connectivity index (χ2v) is 6.14. The molecule has 2 aromatic rings. The maximum absolute atomic E-state index is 12.0. The number of likely N-dealkylation sites (tertiary alicyclic amines) is 1. The van der Waals surface area contributed by atoms with Crippen LogP contribution in [0.1, 0.15) is 23.0 Å². The lowest BCUT2D eigenvalue weighted by molar-refractivity contribution is 0.0926. The van der Waals surface area contributed by atoms with Crippen molar-refractivity contribution < 1.29 is 4.79 Å². The van der Waals surface area contributed by atoms with Crippen LogP contribution in [0.4, 0.5) is 0 Å². The maximum Gasteiger partial charge on any atom is 0.273 e. The van der Waals surface area contributed by atoms with Crippen LogP contribution in [-0.2, 0) is 6.54 Å². The Labute approximate surface area is 128 Å². The molecule has 1 aromatic carbocycles. The molecule has 21 heavy (non-hydrogen) atoms. The van der Waals surface area contributed by atoms with Crippen molar-refractivity contribution in [1.29, 1.82) is 0 Å². The molecule has 1 saturated heterocycles. The molecule has 0 unspecified atom stereocenters. The van der Waals surface area contributed by atoms with Gasteiger partial charge in [0.2, 0.25) is 0 Å². The van der Waals surface area contributed by atoms with Crippen molar-refractivity contribution in [1.82, 2.24) is 19.8 Å². The molecular formula is C15H18N4OS. The number of nitrogens with zero attached hydrogens (tertiary/aromatic N) is 3. The van der Waals surface area contributed by atoms with Gasteiger partial charge in [-0.25, -0.2) is 0 Å². The molecule has 2 atom stereocenters. The summed E-state index contributed by atoms with van der Waals surface area (Å²) in [4.78, 5) is 14.4. The molecule has 0 aliphatic carbocycles. The summed E-state index contributed by atoms with van der Waals surface area (Å²) >= 11 is 1.20. The zero-order valence-corrected chi connectivity index (χ0v) is 12.7. The number of benzene rings is 1. The molecule has 3 rings (SSSR count). The van der Waals surface area contributed by atoms with Gasteiger partial charge in [0.1, 0.15) is 0 Å². The highest BCUT2D eigenvalue weighted by molar-refractivity contribution is 7.03. The number of aromatic nitrogens is 2. The largest absolute Gasteiger partial charge is 0.346 e. The first-order valence-electron chi connectivity index (χ1n) is 7.06. The zero-order valence-electron chi connectivity index (χ0n) is 11.9. The van der Waals surface area contributed by atoms with E-state index in [9.17, 15) is 4.79 Å². The lowest BCUT2D eigenvalue weighted by Gasteiger charge is -2.16. The Balaban J connectivity index is 1.57. The topological polar surface area (TPSA) is 58.1 Å². The molecule has 1 aliphatic heterocycles. The predicted octanol–water partition coefficient (Wildman–Crippen LogP) is 1.79. The number of amides is 1. The summed E-state index contributed by atoms with van der Waals surface area (Å²) in [6.07, 6.45) is 0. The third-order valence-electron chi connectivity index (χ3n) is 3.85. The molecule has 2 heterocycles. The van der Waals surface area contributed by atoms with Gasteiger partial charge in [0.05, 0.1) is 0 Å². The molecule has 6 heteroatoms. The van der Waals surface area contributed by atoms with E-state index >= 15 is 0 Å². The molecule has 110 valence electrons. The molecule has 0 bridgehead atoms. The Morgan fingerprint density at radius 3 is 2.90 bits per heavy atom. The summed E-state index contributed by atoms with van der Waals surface area (Å²) < 4.78 is 3.73. The van der Waals surface area contributed by atoms with E-state index in [-0.39, 0.29) is 11.9 Å². The smallest absolute Gasteiger partial charge is 0.273 e. The standard InChI is InChI=1S/C15H18N4OS/c1-11-7-19(8-12-5-3-2-4-6-12)9-13(11)16-15(20)14-10-21-18-17-14/h2-6,10-11,13H,7-9H2,1H3,(H,16,20)/t11-,13+/m0/s1. The van der Waals surface area contributed by atoms with E-state index < -0.39 is 0 Å². The van der Waals surface area contributed by atoms with Crippen molar-refractivity contribution in [3.63, 3.8) is 0 Å². The van der Waals surface area contributed by atoms with Crippen LogP contribution < -0.4 is 5.32 Å². The maximum atomic E-state index is 12.0. The highest BCUT2D eigenvalue weighted by Crippen LogP contribution is 2.19. The minimum atomic E-state index is -0.123. The predicted molar refractivity (Wildman–Crippen MR) is 82.0 cm³/mol. The average Bonchev–Trinajstić information content (AvgIpc) is 3.11. The third-order valence-corrected chi connectivity index (χ3v) is 4.35. The Morgan fingerprint density at radius 2 is 2.19 bits per heavy atom. The molecule has 1 amide bonds. The van der Waals surface area contributed by atoms with E-state index in [1.165, 1.54) is 17.1 Å². The first-order chi connectivity index (χ1) is 10.2. The molecule has 1 N–H and O–H groups in total. The molecule has 1 aliphatic rings. The van der Waals surface area contributed by atoms with Gasteiger partial charge in [-0.05, 0) is 23.0 Å². The van der Waals surface area contributed by atoms with Crippen molar-refractivity contribution in [2.75, 3.05) is 13.1 Å². The number of carbonyl (C=O) groups is 1. The molecule has 0 radical (unpaired) electrons. The summed E-state index contributed by atoms with van der Waals surface area (Å²) in [5.41, 5.74) is 1.72. The fourth-order valence-electron chi connectivity index (χ4n) is 2.73. The van der Waals surface area contributed by atoms with Gasteiger partial charge in [-0.3, -0.25) is 9.69 Å². The van der Waals surface area contributed by atoms with Gasteiger partial charge >= 0.3 is 0 Å². The van der Waals surface area contributed by atoms with Crippen LogP contribution in [0.25, 0.3) is 0 Å². The van der Waals surface area contributed by atoms with Crippen molar-refractivity contribution in [2.45, 2.75) is 19.5 Å². The number of nitrogens with one attached hydrogen (secondary N) is 1. The molecule has 1 fully saturated rings. The molecular weight excluding hydrogens is 284 g/mol. The van der Waals surface area contributed by atoms with Crippen molar-refractivity contribution >= 4 is 17.4 Å². The normalized spacial score (nSPS) is 22.3. The lowest BCUT2D eigenvalue weighted by atomic mass is 10.1. The van der Waals surface area contributed by atoms with Crippen LogP contribution in [0.5, 0.6) is 0 Å². The second kappa shape index (κ2) is 6.32. The summed E-state index contributed by atoms with van der Waals surface area (Å²) in [6, 6.07) is 10.6.